The molecule has 2 aliphatic rings. The van der Waals surface area contributed by atoms with Crippen LogP contribution in [0.5, 0.6) is 0 Å². The quantitative estimate of drug-likeness (QED) is 0.370. The number of rotatable bonds is 6. The molecule has 2 atom stereocenters. The third kappa shape index (κ3) is 5.97. The predicted molar refractivity (Wildman–Crippen MR) is 115 cm³/mol. The van der Waals surface area contributed by atoms with E-state index >= 15 is 0 Å². The number of aliphatic imine (C=N–C) groups is 1. The summed E-state index contributed by atoms with van der Waals surface area (Å²) in [6.45, 7) is 8.42. The zero-order valence-corrected chi connectivity index (χ0v) is 18.4. The number of carbonyl (C=O) groups excluding carboxylic acids is 1. The van der Waals surface area contributed by atoms with E-state index in [9.17, 15) is 4.79 Å². The zero-order valence-electron chi connectivity index (χ0n) is 15.3. The Morgan fingerprint density at radius 3 is 2.79 bits per heavy atom. The van der Waals surface area contributed by atoms with Gasteiger partial charge in [-0.25, -0.2) is 0 Å². The number of carbonyl (C=O) groups is 1. The molecular formula is C17H33IN4OS. The Kier molecular flexibility index (Phi) is 10.4. The summed E-state index contributed by atoms with van der Waals surface area (Å²) in [6.07, 6.45) is 5.00. The summed E-state index contributed by atoms with van der Waals surface area (Å²) in [4.78, 5) is 20.8. The lowest BCUT2D eigenvalue weighted by molar-refractivity contribution is -0.129. The Hall–Kier alpha value is -0.180. The summed E-state index contributed by atoms with van der Waals surface area (Å²) >= 11 is 2.08. The molecule has 1 amide bonds. The van der Waals surface area contributed by atoms with Gasteiger partial charge in [-0.1, -0.05) is 13.8 Å². The van der Waals surface area contributed by atoms with Crippen molar-refractivity contribution in [1.82, 2.24) is 15.1 Å². The molecule has 2 heterocycles. The summed E-state index contributed by atoms with van der Waals surface area (Å²) in [5, 5.41) is 4.23. The number of guanidine groups is 1. The van der Waals surface area contributed by atoms with Crippen LogP contribution in [0.3, 0.4) is 0 Å². The minimum Gasteiger partial charge on any atom is -0.356 e. The van der Waals surface area contributed by atoms with Crippen LogP contribution in [-0.4, -0.2) is 71.9 Å². The third-order valence-corrected chi connectivity index (χ3v) is 6.26. The predicted octanol–water partition coefficient (Wildman–Crippen LogP) is 2.80. The van der Waals surface area contributed by atoms with Crippen molar-refractivity contribution in [3.05, 3.63) is 0 Å². The van der Waals surface area contributed by atoms with Gasteiger partial charge in [0.25, 0.3) is 0 Å². The molecule has 5 nitrogen and oxygen atoms in total. The van der Waals surface area contributed by atoms with Crippen LogP contribution in [0, 0.1) is 0 Å². The smallest absolute Gasteiger partial charge is 0.222 e. The summed E-state index contributed by atoms with van der Waals surface area (Å²) in [7, 11) is 1.87. The molecule has 0 bridgehead atoms. The molecule has 2 unspecified atom stereocenters. The monoisotopic (exact) mass is 468 g/mol. The average molecular weight is 468 g/mol. The third-order valence-electron chi connectivity index (χ3n) is 4.89. The Morgan fingerprint density at radius 2 is 2.21 bits per heavy atom. The summed E-state index contributed by atoms with van der Waals surface area (Å²) in [6, 6.07) is 0.371. The first-order valence-electron chi connectivity index (χ1n) is 9.06. The lowest BCUT2D eigenvalue weighted by Crippen LogP contribution is -2.49. The highest BCUT2D eigenvalue weighted by Gasteiger charge is 2.27. The van der Waals surface area contributed by atoms with E-state index in [4.69, 9.17) is 0 Å². The number of hydrogen-bond acceptors (Lipinski definition) is 3. The van der Waals surface area contributed by atoms with Gasteiger partial charge in [0.1, 0.15) is 0 Å². The van der Waals surface area contributed by atoms with Crippen molar-refractivity contribution in [3.63, 3.8) is 0 Å². The molecule has 2 saturated heterocycles. The maximum absolute atomic E-state index is 11.9. The summed E-state index contributed by atoms with van der Waals surface area (Å²) < 4.78 is 0. The maximum atomic E-state index is 11.9. The maximum Gasteiger partial charge on any atom is 0.222 e. The molecular weight excluding hydrogens is 435 g/mol. The fraction of sp³-hybridized carbons (Fsp3) is 0.882. The van der Waals surface area contributed by atoms with Crippen LogP contribution in [0.25, 0.3) is 0 Å². The first-order valence-corrected chi connectivity index (χ1v) is 10.1. The molecule has 2 fully saturated rings. The van der Waals surface area contributed by atoms with Crippen molar-refractivity contribution in [2.75, 3.05) is 39.0 Å². The van der Waals surface area contributed by atoms with E-state index in [1.807, 2.05) is 7.05 Å². The van der Waals surface area contributed by atoms with Gasteiger partial charge in [0.05, 0.1) is 0 Å². The fourth-order valence-electron chi connectivity index (χ4n) is 3.48. The van der Waals surface area contributed by atoms with E-state index in [1.54, 1.807) is 0 Å². The average Bonchev–Trinajstić information content (AvgIpc) is 3.01. The second-order valence-electron chi connectivity index (χ2n) is 6.36. The van der Waals surface area contributed by atoms with Gasteiger partial charge >= 0.3 is 0 Å². The van der Waals surface area contributed by atoms with Crippen molar-refractivity contribution in [1.29, 1.82) is 0 Å². The van der Waals surface area contributed by atoms with E-state index < -0.39 is 0 Å². The molecule has 0 saturated carbocycles. The topological polar surface area (TPSA) is 47.9 Å². The standard InChI is InChI=1S/C17H32N4OS.HI/c1-4-14(21-10-6-7-16(21)22)8-9-19-17(18-3)20-11-12-23-15(5-2)13-20;/h14-15H,4-13H2,1-3H3,(H,18,19);1H. The lowest BCUT2D eigenvalue weighted by Gasteiger charge is -2.34. The summed E-state index contributed by atoms with van der Waals surface area (Å²) in [5.41, 5.74) is 0. The second kappa shape index (κ2) is 11.4. The van der Waals surface area contributed by atoms with Gasteiger partial charge in [0.2, 0.25) is 5.91 Å². The van der Waals surface area contributed by atoms with Gasteiger partial charge in [-0.2, -0.15) is 11.8 Å². The van der Waals surface area contributed by atoms with Crippen LogP contribution in [-0.2, 0) is 4.79 Å². The van der Waals surface area contributed by atoms with Crippen molar-refractivity contribution in [3.8, 4) is 0 Å². The molecule has 0 aromatic carbocycles. The number of thioether (sulfide) groups is 1. The van der Waals surface area contributed by atoms with Crippen molar-refractivity contribution in [2.45, 2.75) is 57.2 Å². The normalized spacial score (nSPS) is 23.2. The summed E-state index contributed by atoms with van der Waals surface area (Å²) in [5.74, 6) is 2.53. The zero-order chi connectivity index (χ0) is 16.7. The Labute approximate surface area is 168 Å². The molecule has 140 valence electrons. The highest BCUT2D eigenvalue weighted by Crippen LogP contribution is 2.21. The fourth-order valence-corrected chi connectivity index (χ4v) is 4.66. The molecule has 1 N–H and O–H groups in total. The second-order valence-corrected chi connectivity index (χ2v) is 7.77. The van der Waals surface area contributed by atoms with E-state index in [-0.39, 0.29) is 24.0 Å². The minimum absolute atomic E-state index is 0. The lowest BCUT2D eigenvalue weighted by atomic mass is 10.1. The van der Waals surface area contributed by atoms with Crippen molar-refractivity contribution < 1.29 is 4.79 Å². The van der Waals surface area contributed by atoms with E-state index in [1.165, 1.54) is 12.2 Å². The van der Waals surface area contributed by atoms with E-state index in [0.717, 1.165) is 57.8 Å². The van der Waals surface area contributed by atoms with Gasteiger partial charge < -0.3 is 15.1 Å². The molecule has 0 aliphatic carbocycles. The van der Waals surface area contributed by atoms with Crippen LogP contribution in [0.15, 0.2) is 4.99 Å². The molecule has 0 aromatic heterocycles. The van der Waals surface area contributed by atoms with Crippen molar-refractivity contribution in [2.24, 2.45) is 4.99 Å². The molecule has 7 heteroatoms. The van der Waals surface area contributed by atoms with E-state index in [0.29, 0.717) is 17.2 Å². The molecule has 2 rings (SSSR count). The number of amides is 1. The molecule has 0 radical (unpaired) electrons. The number of nitrogens with zero attached hydrogens (tertiary/aromatic N) is 3. The van der Waals surface area contributed by atoms with Gasteiger partial charge in [-0.15, -0.1) is 24.0 Å². The van der Waals surface area contributed by atoms with Crippen LogP contribution in [0.1, 0.15) is 46.0 Å². The number of hydrogen-bond donors (Lipinski definition) is 1. The first-order chi connectivity index (χ1) is 11.2. The molecule has 0 spiro atoms. The minimum atomic E-state index is 0. The molecule has 0 aromatic rings. The van der Waals surface area contributed by atoms with Gasteiger partial charge in [-0.3, -0.25) is 9.79 Å². The Bertz CT molecular complexity index is 421. The van der Waals surface area contributed by atoms with Gasteiger partial charge in [-0.05, 0) is 25.7 Å². The van der Waals surface area contributed by atoms with Gasteiger partial charge in [0.15, 0.2) is 5.96 Å². The Balaban J connectivity index is 0.00000288. The number of halogens is 1. The van der Waals surface area contributed by atoms with Gasteiger partial charge in [0, 0.05) is 56.7 Å². The molecule has 2 aliphatic heterocycles. The van der Waals surface area contributed by atoms with Crippen LogP contribution in [0.4, 0.5) is 0 Å². The number of likely N-dealkylation sites (tertiary alicyclic amines) is 1. The molecule has 24 heavy (non-hydrogen) atoms. The van der Waals surface area contributed by atoms with E-state index in [2.05, 4.69) is 45.7 Å². The highest BCUT2D eigenvalue weighted by atomic mass is 127. The largest absolute Gasteiger partial charge is 0.356 e. The Morgan fingerprint density at radius 1 is 1.42 bits per heavy atom. The van der Waals surface area contributed by atoms with Crippen LogP contribution in [0.2, 0.25) is 0 Å². The highest BCUT2D eigenvalue weighted by molar-refractivity contribution is 14.0. The van der Waals surface area contributed by atoms with Crippen molar-refractivity contribution >= 4 is 47.6 Å². The number of nitrogens with one attached hydrogen (secondary N) is 1. The first kappa shape index (κ1) is 21.9. The van der Waals surface area contributed by atoms with Crippen LogP contribution >= 0.6 is 35.7 Å². The SMILES string of the molecule is CCC1CN(C(=NC)NCCC(CC)N2CCCC2=O)CCS1.I. The van der Waals surface area contributed by atoms with Crippen LogP contribution < -0.4 is 5.32 Å².